The van der Waals surface area contributed by atoms with Crippen molar-refractivity contribution in [3.8, 4) is 0 Å². The highest BCUT2D eigenvalue weighted by Gasteiger charge is 2.34. The van der Waals surface area contributed by atoms with Gasteiger partial charge in [0.05, 0.1) is 10.7 Å². The number of piperazine rings is 1. The number of aromatic nitrogens is 1. The first-order chi connectivity index (χ1) is 16.2. The quantitative estimate of drug-likeness (QED) is 0.537. The van der Waals surface area contributed by atoms with Crippen LogP contribution in [0.2, 0.25) is 10.0 Å². The average molecular weight is 504 g/mol. The van der Waals surface area contributed by atoms with E-state index < -0.39 is 0 Å². The molecule has 4 rings (SSSR count). The lowest BCUT2D eigenvalue weighted by Crippen LogP contribution is -2.55. The molecular weight excluding hydrogens is 473 g/mol. The van der Waals surface area contributed by atoms with Crippen LogP contribution in [0.15, 0.2) is 24.4 Å². The Hall–Kier alpha value is -1.99. The Labute approximate surface area is 211 Å². The van der Waals surface area contributed by atoms with Crippen LogP contribution in [0, 0.1) is 13.8 Å². The van der Waals surface area contributed by atoms with Gasteiger partial charge in [-0.1, -0.05) is 23.2 Å². The molecule has 2 aliphatic heterocycles. The molecule has 2 saturated heterocycles. The fraction of sp³-hybridized carbons (Fsp3) is 0.500. The van der Waals surface area contributed by atoms with E-state index in [0.29, 0.717) is 34.5 Å². The fourth-order valence-electron chi connectivity index (χ4n) is 4.78. The lowest BCUT2D eigenvalue weighted by molar-refractivity contribution is -0.145. The number of carbonyl (C=O) groups excluding carboxylic acids is 2. The number of hydrogen-bond acceptors (Lipinski definition) is 5. The summed E-state index contributed by atoms with van der Waals surface area (Å²) in [5.41, 5.74) is 4.27. The second kappa shape index (κ2) is 10.7. The zero-order valence-corrected chi connectivity index (χ0v) is 21.5. The van der Waals surface area contributed by atoms with Crippen molar-refractivity contribution in [1.82, 2.24) is 14.8 Å². The summed E-state index contributed by atoms with van der Waals surface area (Å²) in [5, 5.41) is 1.10. The maximum Gasteiger partial charge on any atom is 0.252 e. The third-order valence-electron chi connectivity index (χ3n) is 6.88. The van der Waals surface area contributed by atoms with Gasteiger partial charge < -0.3 is 9.64 Å². The Morgan fingerprint density at radius 3 is 2.59 bits per heavy atom. The zero-order valence-electron chi connectivity index (χ0n) is 19.9. The number of aryl methyl sites for hydroxylation is 1. The van der Waals surface area contributed by atoms with Crippen molar-refractivity contribution < 1.29 is 14.3 Å². The highest BCUT2D eigenvalue weighted by molar-refractivity contribution is 6.31. The summed E-state index contributed by atoms with van der Waals surface area (Å²) in [6.07, 6.45) is 3.31. The molecular formula is C26H31Cl2N3O3. The molecule has 1 amide bonds. The minimum atomic E-state index is -0.275. The first-order valence-electron chi connectivity index (χ1n) is 11.8. The van der Waals surface area contributed by atoms with Crippen LogP contribution in [0.1, 0.15) is 52.5 Å². The van der Waals surface area contributed by atoms with Crippen molar-refractivity contribution in [1.29, 1.82) is 0 Å². The second-order valence-corrected chi connectivity index (χ2v) is 10.2. The molecule has 6 nitrogen and oxygen atoms in total. The van der Waals surface area contributed by atoms with E-state index in [9.17, 15) is 9.59 Å². The third-order valence-corrected chi connectivity index (χ3v) is 7.48. The Bertz CT molecular complexity index is 1090. The summed E-state index contributed by atoms with van der Waals surface area (Å²) in [5.74, 6) is 0.0793. The highest BCUT2D eigenvalue weighted by atomic mass is 35.5. The fourth-order valence-corrected chi connectivity index (χ4v) is 5.21. The number of carbonyl (C=O) groups is 2. The van der Waals surface area contributed by atoms with E-state index in [4.69, 9.17) is 27.9 Å². The lowest BCUT2D eigenvalue weighted by atomic mass is 9.96. The van der Waals surface area contributed by atoms with Crippen LogP contribution in [-0.4, -0.2) is 64.9 Å². The molecule has 2 aliphatic rings. The standard InChI is InChI=1S/C26H31Cl2N3O3/c1-16-14-30(6-7-31(16)26(33)25-5-4-8-34-25)15-21-10-22(27)9-19(17(21)2)12-24(32)20-11-23(28)18(3)29-13-20/h9-11,13,16,25H,4-8,12,14-15H2,1-3H3/t16-,25-/m0/s1. The Balaban J connectivity index is 1.43. The Kier molecular flexibility index (Phi) is 7.93. The number of ether oxygens (including phenoxy) is 1. The number of rotatable bonds is 6. The minimum absolute atomic E-state index is 0.0411. The number of halogens is 2. The molecule has 182 valence electrons. The molecule has 2 fully saturated rings. The molecule has 0 spiro atoms. The summed E-state index contributed by atoms with van der Waals surface area (Å²) in [6, 6.07) is 5.63. The molecule has 0 N–H and O–H groups in total. The molecule has 0 aliphatic carbocycles. The maximum atomic E-state index is 12.9. The lowest BCUT2D eigenvalue weighted by Gasteiger charge is -2.41. The van der Waals surface area contributed by atoms with E-state index in [1.165, 1.54) is 0 Å². The van der Waals surface area contributed by atoms with Crippen LogP contribution in [0.25, 0.3) is 0 Å². The Morgan fingerprint density at radius 1 is 1.15 bits per heavy atom. The van der Waals surface area contributed by atoms with Crippen molar-refractivity contribution >= 4 is 34.9 Å². The molecule has 0 bridgehead atoms. The molecule has 8 heteroatoms. The van der Waals surface area contributed by atoms with E-state index in [1.807, 2.05) is 30.9 Å². The van der Waals surface area contributed by atoms with E-state index in [2.05, 4.69) is 16.8 Å². The van der Waals surface area contributed by atoms with Crippen molar-refractivity contribution in [2.75, 3.05) is 26.2 Å². The average Bonchev–Trinajstić information content (AvgIpc) is 3.33. The van der Waals surface area contributed by atoms with Crippen LogP contribution >= 0.6 is 23.2 Å². The predicted octanol–water partition coefficient (Wildman–Crippen LogP) is 4.64. The number of ketones is 1. The Morgan fingerprint density at radius 2 is 1.91 bits per heavy atom. The summed E-state index contributed by atoms with van der Waals surface area (Å²) in [7, 11) is 0. The number of nitrogens with zero attached hydrogens (tertiary/aromatic N) is 3. The van der Waals surface area contributed by atoms with Gasteiger partial charge in [-0.2, -0.15) is 0 Å². The SMILES string of the molecule is Cc1ncc(C(=O)Cc2cc(Cl)cc(CN3CCN(C(=O)[C@@H]4CCCO4)[C@@H](C)C3)c2C)cc1Cl. The summed E-state index contributed by atoms with van der Waals surface area (Å²) < 4.78 is 5.60. The molecule has 1 aromatic carbocycles. The number of pyridine rings is 1. The highest BCUT2D eigenvalue weighted by Crippen LogP contribution is 2.26. The van der Waals surface area contributed by atoms with Gasteiger partial charge in [-0.05, 0) is 68.5 Å². The van der Waals surface area contributed by atoms with Crippen molar-refractivity contribution in [2.45, 2.75) is 58.7 Å². The summed E-state index contributed by atoms with van der Waals surface area (Å²) in [6.45, 7) is 9.59. The summed E-state index contributed by atoms with van der Waals surface area (Å²) >= 11 is 12.6. The van der Waals surface area contributed by atoms with E-state index >= 15 is 0 Å². The molecule has 0 saturated carbocycles. The second-order valence-electron chi connectivity index (χ2n) is 9.36. The first-order valence-corrected chi connectivity index (χ1v) is 12.6. The normalized spacial score (nSPS) is 21.1. The van der Waals surface area contributed by atoms with Gasteiger partial charge in [0.2, 0.25) is 0 Å². The number of amides is 1. The number of Topliss-reactive ketones (excluding diaryl/α,β-unsaturated/α-hetero) is 1. The molecule has 34 heavy (non-hydrogen) atoms. The largest absolute Gasteiger partial charge is 0.368 e. The van der Waals surface area contributed by atoms with Crippen LogP contribution in [0.4, 0.5) is 0 Å². The maximum absolute atomic E-state index is 12.9. The van der Waals surface area contributed by atoms with Gasteiger partial charge in [0.1, 0.15) is 6.10 Å². The van der Waals surface area contributed by atoms with E-state index in [-0.39, 0.29) is 30.3 Å². The molecule has 0 unspecified atom stereocenters. The summed E-state index contributed by atoms with van der Waals surface area (Å²) in [4.78, 5) is 34.2. The molecule has 2 atom stereocenters. The first kappa shape index (κ1) is 25.1. The van der Waals surface area contributed by atoms with Gasteiger partial charge in [0.15, 0.2) is 5.78 Å². The monoisotopic (exact) mass is 503 g/mol. The predicted molar refractivity (Wildman–Crippen MR) is 134 cm³/mol. The van der Waals surface area contributed by atoms with Gasteiger partial charge in [-0.3, -0.25) is 19.5 Å². The van der Waals surface area contributed by atoms with Gasteiger partial charge in [0, 0.05) is 62.0 Å². The number of benzene rings is 1. The van der Waals surface area contributed by atoms with Crippen LogP contribution < -0.4 is 0 Å². The van der Waals surface area contributed by atoms with Crippen LogP contribution in [0.3, 0.4) is 0 Å². The van der Waals surface area contributed by atoms with Gasteiger partial charge in [0.25, 0.3) is 5.91 Å². The smallest absolute Gasteiger partial charge is 0.252 e. The van der Waals surface area contributed by atoms with Crippen LogP contribution in [-0.2, 0) is 22.5 Å². The molecule has 2 aromatic rings. The van der Waals surface area contributed by atoms with E-state index in [1.54, 1.807) is 12.3 Å². The van der Waals surface area contributed by atoms with Crippen molar-refractivity contribution in [3.63, 3.8) is 0 Å². The zero-order chi connectivity index (χ0) is 24.4. The van der Waals surface area contributed by atoms with Gasteiger partial charge in [-0.15, -0.1) is 0 Å². The van der Waals surface area contributed by atoms with E-state index in [0.717, 1.165) is 49.2 Å². The third kappa shape index (κ3) is 5.62. The molecule has 1 aromatic heterocycles. The van der Waals surface area contributed by atoms with Gasteiger partial charge >= 0.3 is 0 Å². The topological polar surface area (TPSA) is 62.7 Å². The number of hydrogen-bond donors (Lipinski definition) is 0. The van der Waals surface area contributed by atoms with Gasteiger partial charge in [-0.25, -0.2) is 0 Å². The van der Waals surface area contributed by atoms with Crippen molar-refractivity contribution in [3.05, 3.63) is 62.4 Å². The minimum Gasteiger partial charge on any atom is -0.368 e. The molecule has 0 radical (unpaired) electrons. The van der Waals surface area contributed by atoms with Crippen molar-refractivity contribution in [2.24, 2.45) is 0 Å². The molecule has 3 heterocycles. The van der Waals surface area contributed by atoms with Crippen LogP contribution in [0.5, 0.6) is 0 Å².